The lowest BCUT2D eigenvalue weighted by Gasteiger charge is -2.34. The van der Waals surface area contributed by atoms with Gasteiger partial charge in [-0.2, -0.15) is 0 Å². The van der Waals surface area contributed by atoms with E-state index in [9.17, 15) is 4.79 Å². The molecule has 0 spiro atoms. The minimum Gasteiger partial charge on any atom is -0.319 e. The van der Waals surface area contributed by atoms with E-state index in [1.807, 2.05) is 0 Å². The van der Waals surface area contributed by atoms with E-state index >= 15 is 0 Å². The van der Waals surface area contributed by atoms with Crippen LogP contribution in [0.15, 0.2) is 24.3 Å². The van der Waals surface area contributed by atoms with Crippen LogP contribution in [0.25, 0.3) is 0 Å². The lowest BCUT2D eigenvalue weighted by molar-refractivity contribution is -0.131. The Morgan fingerprint density at radius 3 is 2.52 bits per heavy atom. The number of rotatable bonds is 4. The molecule has 2 unspecified atom stereocenters. The maximum absolute atomic E-state index is 12.3. The fourth-order valence-corrected chi connectivity index (χ4v) is 3.86. The summed E-state index contributed by atoms with van der Waals surface area (Å²) in [4.78, 5) is 14.4. The first kappa shape index (κ1) is 14.6. The number of nitrogens with one attached hydrogen (secondary N) is 1. The van der Waals surface area contributed by atoms with Crippen molar-refractivity contribution in [2.45, 2.75) is 58.2 Å². The average Bonchev–Trinajstić information content (AvgIpc) is 3.16. The highest BCUT2D eigenvalue weighted by molar-refractivity contribution is 5.81. The Balaban J connectivity index is 1.80. The first-order valence-corrected chi connectivity index (χ1v) is 8.34. The van der Waals surface area contributed by atoms with E-state index < -0.39 is 0 Å². The summed E-state index contributed by atoms with van der Waals surface area (Å²) in [6.45, 7) is 4.87. The predicted octanol–water partition coefficient (Wildman–Crippen LogP) is 3.26. The zero-order valence-electron chi connectivity index (χ0n) is 13.1. The van der Waals surface area contributed by atoms with Gasteiger partial charge in [-0.3, -0.25) is 10.1 Å². The minimum absolute atomic E-state index is 0.0546. The number of aryl methyl sites for hydroxylation is 1. The molecule has 3 nitrogen and oxygen atoms in total. The Kier molecular flexibility index (Phi) is 4.29. The van der Waals surface area contributed by atoms with Crippen molar-refractivity contribution in [1.82, 2.24) is 10.2 Å². The fraction of sp³-hybridized carbons (Fsp3) is 0.611. The SMILES string of the molecule is CCc1ccc(C2NCC(=O)N2C(C)C2CCCC2)cc1. The van der Waals surface area contributed by atoms with E-state index in [0.29, 0.717) is 18.5 Å². The second-order valence-corrected chi connectivity index (χ2v) is 6.46. The fourth-order valence-electron chi connectivity index (χ4n) is 3.86. The summed E-state index contributed by atoms with van der Waals surface area (Å²) in [6.07, 6.45) is 6.29. The third kappa shape index (κ3) is 2.84. The van der Waals surface area contributed by atoms with E-state index in [1.54, 1.807) is 0 Å². The average molecular weight is 286 g/mol. The summed E-state index contributed by atoms with van der Waals surface area (Å²) >= 11 is 0. The van der Waals surface area contributed by atoms with E-state index in [1.165, 1.54) is 36.8 Å². The molecule has 3 rings (SSSR count). The molecular formula is C18H26N2O. The largest absolute Gasteiger partial charge is 0.319 e. The third-order valence-electron chi connectivity index (χ3n) is 5.24. The van der Waals surface area contributed by atoms with Gasteiger partial charge in [-0.1, -0.05) is 44.0 Å². The van der Waals surface area contributed by atoms with Crippen LogP contribution < -0.4 is 5.32 Å². The van der Waals surface area contributed by atoms with Gasteiger partial charge in [0.1, 0.15) is 6.17 Å². The highest BCUT2D eigenvalue weighted by Gasteiger charge is 2.38. The quantitative estimate of drug-likeness (QED) is 0.921. The summed E-state index contributed by atoms with van der Waals surface area (Å²) in [5.74, 6) is 0.922. The molecular weight excluding hydrogens is 260 g/mol. The smallest absolute Gasteiger partial charge is 0.238 e. The second kappa shape index (κ2) is 6.18. The van der Waals surface area contributed by atoms with Gasteiger partial charge in [-0.25, -0.2) is 0 Å². The van der Waals surface area contributed by atoms with Crippen molar-refractivity contribution in [3.05, 3.63) is 35.4 Å². The molecule has 1 aliphatic carbocycles. The molecule has 1 aromatic carbocycles. The van der Waals surface area contributed by atoms with E-state index in [2.05, 4.69) is 48.3 Å². The Labute approximate surface area is 127 Å². The van der Waals surface area contributed by atoms with Crippen molar-refractivity contribution >= 4 is 5.91 Å². The van der Waals surface area contributed by atoms with Gasteiger partial charge in [0.25, 0.3) is 0 Å². The Hall–Kier alpha value is -1.35. The third-order valence-corrected chi connectivity index (χ3v) is 5.24. The Morgan fingerprint density at radius 1 is 1.24 bits per heavy atom. The van der Waals surface area contributed by atoms with Gasteiger partial charge in [0.05, 0.1) is 6.54 Å². The van der Waals surface area contributed by atoms with Crippen LogP contribution in [0.1, 0.15) is 56.8 Å². The standard InChI is InChI=1S/C18H26N2O/c1-3-14-8-10-16(11-9-14)18-19-12-17(21)20(18)13(2)15-6-4-5-7-15/h8-11,13,15,18-19H,3-7,12H2,1-2H3. The van der Waals surface area contributed by atoms with Gasteiger partial charge in [0.15, 0.2) is 0 Å². The molecule has 0 aromatic heterocycles. The molecule has 2 fully saturated rings. The lowest BCUT2D eigenvalue weighted by atomic mass is 9.97. The van der Waals surface area contributed by atoms with Crippen LogP contribution in [-0.4, -0.2) is 23.4 Å². The molecule has 1 N–H and O–H groups in total. The number of benzene rings is 1. The first-order valence-electron chi connectivity index (χ1n) is 8.34. The summed E-state index contributed by atoms with van der Waals surface area (Å²) in [7, 11) is 0. The summed E-state index contributed by atoms with van der Waals surface area (Å²) < 4.78 is 0. The zero-order valence-corrected chi connectivity index (χ0v) is 13.1. The van der Waals surface area contributed by atoms with Crippen molar-refractivity contribution in [3.63, 3.8) is 0 Å². The topological polar surface area (TPSA) is 32.3 Å². The highest BCUT2D eigenvalue weighted by Crippen LogP contribution is 2.35. The normalized spacial score (nSPS) is 24.8. The molecule has 21 heavy (non-hydrogen) atoms. The van der Waals surface area contributed by atoms with Crippen molar-refractivity contribution in [1.29, 1.82) is 0 Å². The molecule has 2 aliphatic rings. The van der Waals surface area contributed by atoms with Crippen LogP contribution in [0, 0.1) is 5.92 Å². The molecule has 1 saturated carbocycles. The van der Waals surface area contributed by atoms with Crippen molar-refractivity contribution in [2.75, 3.05) is 6.54 Å². The number of hydrogen-bond donors (Lipinski definition) is 1. The molecule has 1 saturated heterocycles. The summed E-state index contributed by atoms with van der Waals surface area (Å²) in [5.41, 5.74) is 2.56. The number of carbonyl (C=O) groups excluding carboxylic acids is 1. The first-order chi connectivity index (χ1) is 10.2. The Bertz CT molecular complexity index is 490. The number of carbonyl (C=O) groups is 1. The van der Waals surface area contributed by atoms with Gasteiger partial charge in [0.2, 0.25) is 5.91 Å². The molecule has 1 aliphatic heterocycles. The number of nitrogens with zero attached hydrogens (tertiary/aromatic N) is 1. The zero-order chi connectivity index (χ0) is 14.8. The molecule has 3 heteroatoms. The van der Waals surface area contributed by atoms with Crippen molar-refractivity contribution in [2.24, 2.45) is 5.92 Å². The maximum atomic E-state index is 12.3. The predicted molar refractivity (Wildman–Crippen MR) is 84.8 cm³/mol. The molecule has 0 bridgehead atoms. The van der Waals surface area contributed by atoms with Gasteiger partial charge in [-0.15, -0.1) is 0 Å². The van der Waals surface area contributed by atoms with Crippen LogP contribution in [0.5, 0.6) is 0 Å². The van der Waals surface area contributed by atoms with E-state index in [0.717, 1.165) is 6.42 Å². The van der Waals surface area contributed by atoms with E-state index in [-0.39, 0.29) is 12.1 Å². The Morgan fingerprint density at radius 2 is 1.90 bits per heavy atom. The molecule has 2 atom stereocenters. The summed E-state index contributed by atoms with van der Waals surface area (Å²) in [6, 6.07) is 9.04. The lowest BCUT2D eigenvalue weighted by Crippen LogP contribution is -2.41. The van der Waals surface area contributed by atoms with Gasteiger partial charge >= 0.3 is 0 Å². The van der Waals surface area contributed by atoms with Crippen molar-refractivity contribution in [3.8, 4) is 0 Å². The highest BCUT2D eigenvalue weighted by atomic mass is 16.2. The summed E-state index contributed by atoms with van der Waals surface area (Å²) in [5, 5.41) is 3.39. The van der Waals surface area contributed by atoms with Crippen molar-refractivity contribution < 1.29 is 4.79 Å². The number of hydrogen-bond acceptors (Lipinski definition) is 2. The molecule has 114 valence electrons. The van der Waals surface area contributed by atoms with Gasteiger partial charge < -0.3 is 4.90 Å². The van der Waals surface area contributed by atoms with Crippen LogP contribution >= 0.6 is 0 Å². The molecule has 1 amide bonds. The maximum Gasteiger partial charge on any atom is 0.238 e. The van der Waals surface area contributed by atoms with Crippen LogP contribution in [0.4, 0.5) is 0 Å². The van der Waals surface area contributed by atoms with E-state index in [4.69, 9.17) is 0 Å². The van der Waals surface area contributed by atoms with Gasteiger partial charge in [-0.05, 0) is 43.2 Å². The molecule has 1 aromatic rings. The van der Waals surface area contributed by atoms with Crippen LogP contribution in [-0.2, 0) is 11.2 Å². The minimum atomic E-state index is 0.0546. The number of amides is 1. The molecule has 1 heterocycles. The second-order valence-electron chi connectivity index (χ2n) is 6.46. The molecule has 0 radical (unpaired) electrons. The van der Waals surface area contributed by atoms with Crippen LogP contribution in [0.3, 0.4) is 0 Å². The monoisotopic (exact) mass is 286 g/mol. The van der Waals surface area contributed by atoms with Gasteiger partial charge in [0, 0.05) is 6.04 Å². The van der Waals surface area contributed by atoms with Crippen LogP contribution in [0.2, 0.25) is 0 Å².